The van der Waals surface area contributed by atoms with Gasteiger partial charge in [0.1, 0.15) is 6.61 Å². The molecule has 0 radical (unpaired) electrons. The van der Waals surface area contributed by atoms with E-state index < -0.39 is 10.5 Å². The predicted octanol–water partition coefficient (Wildman–Crippen LogP) is 3.18. The zero-order valence-electron chi connectivity index (χ0n) is 10.4. The van der Waals surface area contributed by atoms with E-state index in [2.05, 4.69) is 0 Å². The summed E-state index contributed by atoms with van der Waals surface area (Å²) in [5, 5.41) is 21.2. The molecule has 1 N–H and O–H groups in total. The molecule has 0 aliphatic rings. The van der Waals surface area contributed by atoms with E-state index in [1.807, 2.05) is 13.8 Å². The van der Waals surface area contributed by atoms with Crippen LogP contribution in [0.15, 0.2) is 18.2 Å². The van der Waals surface area contributed by atoms with Crippen LogP contribution in [0.2, 0.25) is 5.02 Å². The third kappa shape index (κ3) is 3.58. The van der Waals surface area contributed by atoms with Gasteiger partial charge in [0.25, 0.3) is 0 Å². The van der Waals surface area contributed by atoms with E-state index in [0.717, 1.165) is 0 Å². The molecule has 1 aromatic rings. The SMILES string of the molecule is CCC(O)(CC)COc1ccc(Cl)cc1[N+](=O)[O-]. The van der Waals surface area contributed by atoms with Gasteiger partial charge in [-0.05, 0) is 25.0 Å². The molecule has 0 aliphatic heterocycles. The van der Waals surface area contributed by atoms with Crippen LogP contribution in [0.1, 0.15) is 26.7 Å². The van der Waals surface area contributed by atoms with Gasteiger partial charge in [0.05, 0.1) is 10.5 Å². The number of nitro groups is 1. The highest BCUT2D eigenvalue weighted by Gasteiger charge is 2.25. The lowest BCUT2D eigenvalue weighted by molar-refractivity contribution is -0.386. The van der Waals surface area contributed by atoms with E-state index in [-0.39, 0.29) is 23.1 Å². The third-order valence-electron chi connectivity index (χ3n) is 2.93. The summed E-state index contributed by atoms with van der Waals surface area (Å²) in [5.74, 6) is 0.115. The Balaban J connectivity index is 2.88. The van der Waals surface area contributed by atoms with E-state index in [1.54, 1.807) is 0 Å². The summed E-state index contributed by atoms with van der Waals surface area (Å²) in [4.78, 5) is 10.3. The molecule has 0 spiro atoms. The van der Waals surface area contributed by atoms with Gasteiger partial charge in [-0.1, -0.05) is 25.4 Å². The van der Waals surface area contributed by atoms with Crippen molar-refractivity contribution in [1.82, 2.24) is 0 Å². The van der Waals surface area contributed by atoms with Crippen molar-refractivity contribution in [3.8, 4) is 5.75 Å². The fourth-order valence-corrected chi connectivity index (χ4v) is 1.59. The van der Waals surface area contributed by atoms with Crippen molar-refractivity contribution < 1.29 is 14.8 Å². The van der Waals surface area contributed by atoms with Gasteiger partial charge < -0.3 is 9.84 Å². The standard InChI is InChI=1S/C12H16ClNO4/c1-3-12(15,4-2)8-18-11-6-5-9(13)7-10(11)14(16)17/h5-7,15H,3-4,8H2,1-2H3. The van der Waals surface area contributed by atoms with Crippen LogP contribution in [0.25, 0.3) is 0 Å². The molecule has 18 heavy (non-hydrogen) atoms. The van der Waals surface area contributed by atoms with Crippen LogP contribution < -0.4 is 4.74 Å². The maximum atomic E-state index is 10.8. The van der Waals surface area contributed by atoms with Gasteiger partial charge in [-0.25, -0.2) is 0 Å². The Bertz CT molecular complexity index is 432. The van der Waals surface area contributed by atoms with Crippen LogP contribution in [0, 0.1) is 10.1 Å². The number of benzene rings is 1. The third-order valence-corrected chi connectivity index (χ3v) is 3.17. The monoisotopic (exact) mass is 273 g/mol. The van der Waals surface area contributed by atoms with Crippen LogP contribution in [-0.4, -0.2) is 22.2 Å². The Kier molecular flexibility index (Phi) is 4.93. The summed E-state index contributed by atoms with van der Waals surface area (Å²) < 4.78 is 5.35. The second-order valence-electron chi connectivity index (χ2n) is 4.09. The topological polar surface area (TPSA) is 72.6 Å². The van der Waals surface area contributed by atoms with E-state index in [1.165, 1.54) is 18.2 Å². The molecule has 6 heteroatoms. The Labute approximate surface area is 110 Å². The normalized spacial score (nSPS) is 11.3. The van der Waals surface area contributed by atoms with Crippen molar-refractivity contribution in [2.45, 2.75) is 32.3 Å². The van der Waals surface area contributed by atoms with Crippen molar-refractivity contribution in [2.75, 3.05) is 6.61 Å². The minimum Gasteiger partial charge on any atom is -0.484 e. The first-order valence-corrected chi connectivity index (χ1v) is 6.09. The number of halogens is 1. The molecular weight excluding hydrogens is 258 g/mol. The minimum atomic E-state index is -0.965. The zero-order chi connectivity index (χ0) is 13.8. The molecule has 0 unspecified atom stereocenters. The predicted molar refractivity (Wildman–Crippen MR) is 69.1 cm³/mol. The molecule has 0 amide bonds. The van der Waals surface area contributed by atoms with Crippen molar-refractivity contribution in [3.63, 3.8) is 0 Å². The number of rotatable bonds is 6. The second kappa shape index (κ2) is 6.02. The smallest absolute Gasteiger partial charge is 0.312 e. The first-order valence-electron chi connectivity index (χ1n) is 5.71. The Morgan fingerprint density at radius 1 is 1.44 bits per heavy atom. The quantitative estimate of drug-likeness (QED) is 0.638. The van der Waals surface area contributed by atoms with Crippen LogP contribution in [0.5, 0.6) is 5.75 Å². The fourth-order valence-electron chi connectivity index (χ4n) is 1.42. The van der Waals surface area contributed by atoms with Gasteiger partial charge in [-0.3, -0.25) is 10.1 Å². The average molecular weight is 274 g/mol. The summed E-state index contributed by atoms with van der Waals surface area (Å²) in [7, 11) is 0. The molecule has 100 valence electrons. The Morgan fingerprint density at radius 2 is 2.06 bits per heavy atom. The molecule has 0 fully saturated rings. The number of hydrogen-bond acceptors (Lipinski definition) is 4. The van der Waals surface area contributed by atoms with Crippen molar-refractivity contribution in [2.24, 2.45) is 0 Å². The van der Waals surface area contributed by atoms with Crippen LogP contribution >= 0.6 is 11.6 Å². The van der Waals surface area contributed by atoms with Crippen LogP contribution in [0.4, 0.5) is 5.69 Å². The van der Waals surface area contributed by atoms with Crippen LogP contribution in [0.3, 0.4) is 0 Å². The van der Waals surface area contributed by atoms with E-state index in [4.69, 9.17) is 16.3 Å². The van der Waals surface area contributed by atoms with E-state index in [0.29, 0.717) is 12.8 Å². The summed E-state index contributed by atoms with van der Waals surface area (Å²) in [6.45, 7) is 3.69. The van der Waals surface area contributed by atoms with Gasteiger partial charge in [-0.2, -0.15) is 0 Å². The first kappa shape index (κ1) is 14.7. The maximum Gasteiger partial charge on any atom is 0.312 e. The minimum absolute atomic E-state index is 0.0163. The van der Waals surface area contributed by atoms with Gasteiger partial charge in [0, 0.05) is 11.1 Å². The first-order chi connectivity index (χ1) is 8.41. The Morgan fingerprint density at radius 3 is 2.56 bits per heavy atom. The number of hydrogen-bond donors (Lipinski definition) is 1. The number of nitrogens with zero attached hydrogens (tertiary/aromatic N) is 1. The molecule has 0 saturated carbocycles. The molecule has 0 atom stereocenters. The molecule has 1 aromatic carbocycles. The molecule has 0 aromatic heterocycles. The molecule has 0 heterocycles. The van der Waals surface area contributed by atoms with Gasteiger partial charge in [0.15, 0.2) is 5.75 Å². The highest BCUT2D eigenvalue weighted by molar-refractivity contribution is 6.30. The lowest BCUT2D eigenvalue weighted by atomic mass is 9.99. The molecule has 0 aliphatic carbocycles. The second-order valence-corrected chi connectivity index (χ2v) is 4.53. The number of aliphatic hydroxyl groups is 1. The molecule has 1 rings (SSSR count). The summed E-state index contributed by atoms with van der Waals surface area (Å²) in [6, 6.07) is 4.18. The number of nitro benzene ring substituents is 1. The zero-order valence-corrected chi connectivity index (χ0v) is 11.1. The van der Waals surface area contributed by atoms with E-state index >= 15 is 0 Å². The highest BCUT2D eigenvalue weighted by Crippen LogP contribution is 2.31. The number of ether oxygens (including phenoxy) is 1. The van der Waals surface area contributed by atoms with Crippen molar-refractivity contribution in [1.29, 1.82) is 0 Å². The fraction of sp³-hybridized carbons (Fsp3) is 0.500. The van der Waals surface area contributed by atoms with Crippen LogP contribution in [-0.2, 0) is 0 Å². The van der Waals surface area contributed by atoms with Crippen molar-refractivity contribution >= 4 is 17.3 Å². The Hall–Kier alpha value is -1.33. The molecule has 0 bridgehead atoms. The van der Waals surface area contributed by atoms with Gasteiger partial charge in [-0.15, -0.1) is 0 Å². The highest BCUT2D eigenvalue weighted by atomic mass is 35.5. The summed E-state index contributed by atoms with van der Waals surface area (Å²) >= 11 is 5.70. The van der Waals surface area contributed by atoms with Gasteiger partial charge in [0.2, 0.25) is 0 Å². The lowest BCUT2D eigenvalue weighted by Crippen LogP contribution is -2.34. The lowest BCUT2D eigenvalue weighted by Gasteiger charge is -2.24. The summed E-state index contributed by atoms with van der Waals surface area (Å²) in [6.07, 6.45) is 1.04. The summed E-state index contributed by atoms with van der Waals surface area (Å²) in [5.41, 5.74) is -1.16. The van der Waals surface area contributed by atoms with Crippen molar-refractivity contribution in [3.05, 3.63) is 33.3 Å². The largest absolute Gasteiger partial charge is 0.484 e. The molecule has 5 nitrogen and oxygen atoms in total. The van der Waals surface area contributed by atoms with Gasteiger partial charge >= 0.3 is 5.69 Å². The van der Waals surface area contributed by atoms with E-state index in [9.17, 15) is 15.2 Å². The average Bonchev–Trinajstić information content (AvgIpc) is 2.36. The molecule has 0 saturated heterocycles. The molecular formula is C12H16ClNO4. The maximum absolute atomic E-state index is 10.8.